The number of hydrogen-bond acceptors (Lipinski definition) is 3. The summed E-state index contributed by atoms with van der Waals surface area (Å²) in [7, 11) is 0. The number of rotatable bonds is 5. The molecule has 1 unspecified atom stereocenters. The van der Waals surface area contributed by atoms with E-state index in [9.17, 15) is 4.79 Å². The van der Waals surface area contributed by atoms with Crippen molar-refractivity contribution in [1.29, 1.82) is 0 Å². The summed E-state index contributed by atoms with van der Waals surface area (Å²) in [6.07, 6.45) is 7.66. The SMILES string of the molecule is O=C(CC1CCCCO1)NCC[C@@H]1CCCN1. The van der Waals surface area contributed by atoms with E-state index in [0.717, 1.165) is 39.0 Å². The number of amides is 1. The third kappa shape index (κ3) is 4.64. The Morgan fingerprint density at radius 2 is 2.24 bits per heavy atom. The van der Waals surface area contributed by atoms with Crippen LogP contribution in [0.3, 0.4) is 0 Å². The van der Waals surface area contributed by atoms with Crippen molar-refractivity contribution >= 4 is 5.91 Å². The zero-order valence-electron chi connectivity index (χ0n) is 10.5. The summed E-state index contributed by atoms with van der Waals surface area (Å²) in [4.78, 5) is 11.7. The Balaban J connectivity index is 1.53. The molecule has 98 valence electrons. The molecule has 17 heavy (non-hydrogen) atoms. The number of carbonyl (C=O) groups excluding carboxylic acids is 1. The minimum absolute atomic E-state index is 0.148. The smallest absolute Gasteiger partial charge is 0.222 e. The Labute approximate surface area is 103 Å². The van der Waals surface area contributed by atoms with Crippen molar-refractivity contribution in [2.45, 2.75) is 57.1 Å². The van der Waals surface area contributed by atoms with Gasteiger partial charge in [0.25, 0.3) is 0 Å². The molecule has 2 aliphatic rings. The van der Waals surface area contributed by atoms with Crippen LogP contribution >= 0.6 is 0 Å². The molecule has 0 bridgehead atoms. The second-order valence-electron chi connectivity index (χ2n) is 5.12. The predicted molar refractivity (Wildman–Crippen MR) is 66.9 cm³/mol. The lowest BCUT2D eigenvalue weighted by Gasteiger charge is -2.22. The van der Waals surface area contributed by atoms with Crippen LogP contribution in [0.2, 0.25) is 0 Å². The molecule has 2 heterocycles. The van der Waals surface area contributed by atoms with E-state index in [1.807, 2.05) is 0 Å². The van der Waals surface area contributed by atoms with Crippen molar-refractivity contribution in [3.63, 3.8) is 0 Å². The van der Waals surface area contributed by atoms with Gasteiger partial charge in [-0.05, 0) is 45.1 Å². The number of carbonyl (C=O) groups is 1. The molecular weight excluding hydrogens is 216 g/mol. The monoisotopic (exact) mass is 240 g/mol. The van der Waals surface area contributed by atoms with Crippen LogP contribution in [0.25, 0.3) is 0 Å². The van der Waals surface area contributed by atoms with Gasteiger partial charge in [0, 0.05) is 19.2 Å². The molecule has 0 aromatic heterocycles. The van der Waals surface area contributed by atoms with Crippen molar-refractivity contribution in [2.24, 2.45) is 0 Å². The second kappa shape index (κ2) is 6.97. The second-order valence-corrected chi connectivity index (χ2v) is 5.12. The molecule has 2 rings (SSSR count). The van der Waals surface area contributed by atoms with Crippen molar-refractivity contribution in [2.75, 3.05) is 19.7 Å². The Morgan fingerprint density at radius 3 is 2.94 bits per heavy atom. The van der Waals surface area contributed by atoms with E-state index < -0.39 is 0 Å². The van der Waals surface area contributed by atoms with Gasteiger partial charge in [-0.25, -0.2) is 0 Å². The topological polar surface area (TPSA) is 50.4 Å². The third-order valence-electron chi connectivity index (χ3n) is 3.66. The Morgan fingerprint density at radius 1 is 1.29 bits per heavy atom. The van der Waals surface area contributed by atoms with Crippen LogP contribution < -0.4 is 10.6 Å². The van der Waals surface area contributed by atoms with Gasteiger partial charge in [0.05, 0.1) is 12.5 Å². The summed E-state index contributed by atoms with van der Waals surface area (Å²) in [6, 6.07) is 0.612. The van der Waals surface area contributed by atoms with Crippen LogP contribution in [0.5, 0.6) is 0 Å². The Bertz CT molecular complexity index is 234. The standard InChI is InChI=1S/C13H24N2O2/c16-13(10-12-5-1-2-9-17-12)15-8-6-11-4-3-7-14-11/h11-12,14H,1-10H2,(H,15,16)/t11-,12?/m0/s1. The molecule has 2 fully saturated rings. The fraction of sp³-hybridized carbons (Fsp3) is 0.923. The molecule has 4 nitrogen and oxygen atoms in total. The van der Waals surface area contributed by atoms with Gasteiger partial charge in [-0.1, -0.05) is 0 Å². The van der Waals surface area contributed by atoms with E-state index in [2.05, 4.69) is 10.6 Å². The first-order valence-corrected chi connectivity index (χ1v) is 6.96. The number of nitrogens with one attached hydrogen (secondary N) is 2. The average Bonchev–Trinajstić information content (AvgIpc) is 2.83. The van der Waals surface area contributed by atoms with Gasteiger partial charge < -0.3 is 15.4 Å². The largest absolute Gasteiger partial charge is 0.378 e. The zero-order chi connectivity index (χ0) is 11.9. The molecule has 0 aliphatic carbocycles. The number of ether oxygens (including phenoxy) is 1. The number of hydrogen-bond donors (Lipinski definition) is 2. The summed E-state index contributed by atoms with van der Waals surface area (Å²) >= 11 is 0. The van der Waals surface area contributed by atoms with E-state index in [-0.39, 0.29) is 12.0 Å². The summed E-state index contributed by atoms with van der Waals surface area (Å²) in [5.41, 5.74) is 0. The summed E-state index contributed by atoms with van der Waals surface area (Å²) < 4.78 is 5.56. The van der Waals surface area contributed by atoms with Gasteiger partial charge in [-0.3, -0.25) is 4.79 Å². The lowest BCUT2D eigenvalue weighted by molar-refractivity contribution is -0.124. The summed E-state index contributed by atoms with van der Waals surface area (Å²) in [5.74, 6) is 0.148. The van der Waals surface area contributed by atoms with Crippen LogP contribution in [0.1, 0.15) is 44.9 Å². The Kier molecular flexibility index (Phi) is 5.26. The molecule has 1 amide bonds. The lowest BCUT2D eigenvalue weighted by Crippen LogP contribution is -2.33. The molecule has 2 atom stereocenters. The molecule has 0 saturated carbocycles. The van der Waals surface area contributed by atoms with Crippen molar-refractivity contribution < 1.29 is 9.53 Å². The minimum Gasteiger partial charge on any atom is -0.378 e. The van der Waals surface area contributed by atoms with Gasteiger partial charge in [-0.2, -0.15) is 0 Å². The van der Waals surface area contributed by atoms with Gasteiger partial charge in [0.1, 0.15) is 0 Å². The molecule has 2 N–H and O–H groups in total. The van der Waals surface area contributed by atoms with Gasteiger partial charge >= 0.3 is 0 Å². The van der Waals surface area contributed by atoms with Gasteiger partial charge in [-0.15, -0.1) is 0 Å². The molecule has 2 aliphatic heterocycles. The maximum Gasteiger partial charge on any atom is 0.222 e. The van der Waals surface area contributed by atoms with Gasteiger partial charge in [0.2, 0.25) is 5.91 Å². The van der Waals surface area contributed by atoms with E-state index in [4.69, 9.17) is 4.74 Å². The quantitative estimate of drug-likeness (QED) is 0.759. The minimum atomic E-state index is 0.148. The molecule has 0 spiro atoms. The third-order valence-corrected chi connectivity index (χ3v) is 3.66. The van der Waals surface area contributed by atoms with E-state index in [0.29, 0.717) is 12.5 Å². The molecular formula is C13H24N2O2. The molecule has 2 saturated heterocycles. The van der Waals surface area contributed by atoms with Crippen molar-refractivity contribution in [3.05, 3.63) is 0 Å². The highest BCUT2D eigenvalue weighted by molar-refractivity contribution is 5.76. The fourth-order valence-electron chi connectivity index (χ4n) is 2.64. The van der Waals surface area contributed by atoms with E-state index in [1.165, 1.54) is 19.3 Å². The highest BCUT2D eigenvalue weighted by atomic mass is 16.5. The summed E-state index contributed by atoms with van der Waals surface area (Å²) in [6.45, 7) is 2.75. The Hall–Kier alpha value is -0.610. The first-order chi connectivity index (χ1) is 8.34. The van der Waals surface area contributed by atoms with Crippen LogP contribution in [0, 0.1) is 0 Å². The van der Waals surface area contributed by atoms with Crippen LogP contribution in [0.15, 0.2) is 0 Å². The zero-order valence-corrected chi connectivity index (χ0v) is 10.5. The maximum atomic E-state index is 11.7. The molecule has 0 aromatic rings. The average molecular weight is 240 g/mol. The first kappa shape index (κ1) is 12.8. The van der Waals surface area contributed by atoms with Crippen molar-refractivity contribution in [1.82, 2.24) is 10.6 Å². The van der Waals surface area contributed by atoms with Crippen molar-refractivity contribution in [3.8, 4) is 0 Å². The van der Waals surface area contributed by atoms with Crippen LogP contribution in [0.4, 0.5) is 0 Å². The molecule has 4 heteroatoms. The highest BCUT2D eigenvalue weighted by Gasteiger charge is 2.18. The van der Waals surface area contributed by atoms with Crippen LogP contribution in [-0.2, 0) is 9.53 Å². The summed E-state index contributed by atoms with van der Waals surface area (Å²) in [5, 5.41) is 6.43. The first-order valence-electron chi connectivity index (χ1n) is 6.96. The maximum absolute atomic E-state index is 11.7. The highest BCUT2D eigenvalue weighted by Crippen LogP contribution is 2.15. The van der Waals surface area contributed by atoms with Gasteiger partial charge in [0.15, 0.2) is 0 Å². The fourth-order valence-corrected chi connectivity index (χ4v) is 2.64. The molecule has 0 radical (unpaired) electrons. The van der Waals surface area contributed by atoms with E-state index in [1.54, 1.807) is 0 Å². The predicted octanol–water partition coefficient (Wildman–Crippen LogP) is 1.20. The van der Waals surface area contributed by atoms with Crippen LogP contribution in [-0.4, -0.2) is 37.7 Å². The lowest BCUT2D eigenvalue weighted by atomic mass is 10.1. The van der Waals surface area contributed by atoms with E-state index >= 15 is 0 Å². The molecule has 0 aromatic carbocycles. The normalized spacial score (nSPS) is 29.2.